The Morgan fingerprint density at radius 1 is 0.909 bits per heavy atom. The molecule has 0 aromatic heterocycles. The number of nitro groups is 1. The van der Waals surface area contributed by atoms with Crippen LogP contribution in [0.4, 0.5) is 0 Å². The molecule has 0 aromatic rings. The summed E-state index contributed by atoms with van der Waals surface area (Å²) in [6.07, 6.45) is 21.9. The number of hydrogen-bond donors (Lipinski definition) is 0. The van der Waals surface area contributed by atoms with Crippen molar-refractivity contribution in [3.8, 4) is 0 Å². The lowest BCUT2D eigenvalue weighted by Gasteiger charge is -2.02. The Kier molecular flexibility index (Phi) is 14.5. The lowest BCUT2D eigenvalue weighted by molar-refractivity contribution is -0.506. The molecule has 0 saturated carbocycles. The predicted octanol–water partition coefficient (Wildman–Crippen LogP) is 5.03. The Balaban J connectivity index is 3.42. The second-order valence-corrected chi connectivity index (χ2v) is 5.27. The zero-order valence-electron chi connectivity index (χ0n) is 13.7. The number of unbranched alkanes of at least 4 members (excludes halogenated alkanes) is 4. The van der Waals surface area contributed by atoms with E-state index in [1.165, 1.54) is 0 Å². The standard InChI is InChI=1S/C18H29NO3/c1-2-3-4-5-6-7-8-9-10-11-12-13-14-15-16-18(17-20)19(21)22/h3-4,6-7,9-10,17-18H,2,5,8,11-16H2,1H3/b4-3+,7-6+,10-9+. The highest BCUT2D eigenvalue weighted by atomic mass is 16.6. The molecule has 0 aliphatic heterocycles. The first-order valence-electron chi connectivity index (χ1n) is 8.26. The molecule has 4 nitrogen and oxygen atoms in total. The summed E-state index contributed by atoms with van der Waals surface area (Å²) in [5.41, 5.74) is 0. The van der Waals surface area contributed by atoms with E-state index in [9.17, 15) is 14.9 Å². The Bertz CT molecular complexity index is 373. The van der Waals surface area contributed by atoms with Crippen molar-refractivity contribution in [1.82, 2.24) is 0 Å². The summed E-state index contributed by atoms with van der Waals surface area (Å²) in [4.78, 5) is 20.4. The fraction of sp³-hybridized carbons (Fsp3) is 0.611. The van der Waals surface area contributed by atoms with Crippen LogP contribution < -0.4 is 0 Å². The van der Waals surface area contributed by atoms with Gasteiger partial charge in [-0.1, -0.05) is 56.2 Å². The van der Waals surface area contributed by atoms with Crippen LogP contribution in [0, 0.1) is 10.1 Å². The second-order valence-electron chi connectivity index (χ2n) is 5.27. The van der Waals surface area contributed by atoms with Crippen LogP contribution in [0.1, 0.15) is 64.7 Å². The van der Waals surface area contributed by atoms with Gasteiger partial charge in [0.2, 0.25) is 0 Å². The highest BCUT2D eigenvalue weighted by molar-refractivity contribution is 5.55. The number of carbonyl (C=O) groups excluding carboxylic acids is 1. The third kappa shape index (κ3) is 13.3. The maximum absolute atomic E-state index is 10.5. The van der Waals surface area contributed by atoms with Gasteiger partial charge in [0.15, 0.2) is 6.29 Å². The van der Waals surface area contributed by atoms with E-state index < -0.39 is 11.0 Å². The molecule has 0 amide bonds. The summed E-state index contributed by atoms with van der Waals surface area (Å²) in [5, 5.41) is 10.5. The average Bonchev–Trinajstić information content (AvgIpc) is 2.51. The molecule has 1 atom stereocenters. The van der Waals surface area contributed by atoms with Gasteiger partial charge in [0.05, 0.1) is 0 Å². The highest BCUT2D eigenvalue weighted by Crippen LogP contribution is 2.08. The molecule has 0 radical (unpaired) electrons. The quantitative estimate of drug-likeness (QED) is 0.149. The number of hydrogen-bond acceptors (Lipinski definition) is 3. The predicted molar refractivity (Wildman–Crippen MR) is 91.5 cm³/mol. The van der Waals surface area contributed by atoms with Crippen molar-refractivity contribution in [3.05, 3.63) is 46.6 Å². The van der Waals surface area contributed by atoms with Crippen LogP contribution in [-0.4, -0.2) is 17.3 Å². The summed E-state index contributed by atoms with van der Waals surface area (Å²) >= 11 is 0. The molecule has 0 heterocycles. The highest BCUT2D eigenvalue weighted by Gasteiger charge is 2.17. The van der Waals surface area contributed by atoms with Gasteiger partial charge in [-0.05, 0) is 38.5 Å². The van der Waals surface area contributed by atoms with Crippen LogP contribution in [0.25, 0.3) is 0 Å². The van der Waals surface area contributed by atoms with Gasteiger partial charge >= 0.3 is 0 Å². The van der Waals surface area contributed by atoms with Gasteiger partial charge in [0, 0.05) is 11.3 Å². The average molecular weight is 307 g/mol. The monoisotopic (exact) mass is 307 g/mol. The van der Waals surface area contributed by atoms with Crippen molar-refractivity contribution in [2.24, 2.45) is 0 Å². The molecule has 124 valence electrons. The number of carbonyl (C=O) groups is 1. The zero-order chi connectivity index (χ0) is 16.5. The van der Waals surface area contributed by atoms with Crippen molar-refractivity contribution in [3.63, 3.8) is 0 Å². The Morgan fingerprint density at radius 3 is 2.09 bits per heavy atom. The number of allylic oxidation sites excluding steroid dienone is 6. The van der Waals surface area contributed by atoms with Gasteiger partial charge in [-0.2, -0.15) is 0 Å². The fourth-order valence-corrected chi connectivity index (χ4v) is 2.02. The van der Waals surface area contributed by atoms with Crippen LogP contribution in [0.15, 0.2) is 36.5 Å². The van der Waals surface area contributed by atoms with Gasteiger partial charge < -0.3 is 0 Å². The van der Waals surface area contributed by atoms with Gasteiger partial charge in [0.1, 0.15) is 0 Å². The maximum Gasteiger partial charge on any atom is 0.267 e. The van der Waals surface area contributed by atoms with Gasteiger partial charge in [0.25, 0.3) is 6.04 Å². The maximum atomic E-state index is 10.5. The third-order valence-electron chi connectivity index (χ3n) is 3.33. The SMILES string of the molecule is CC/C=C/C/C=C/C/C=C/CCCCCCC(C=O)[N+](=O)[O-]. The van der Waals surface area contributed by atoms with Gasteiger partial charge in [-0.25, -0.2) is 0 Å². The van der Waals surface area contributed by atoms with E-state index in [0.29, 0.717) is 12.7 Å². The minimum atomic E-state index is -1.01. The van der Waals surface area contributed by atoms with Gasteiger partial charge in [-0.15, -0.1) is 0 Å². The lowest BCUT2D eigenvalue weighted by atomic mass is 10.1. The molecule has 0 aliphatic rings. The number of rotatable bonds is 14. The molecule has 0 rings (SSSR count). The molecule has 0 bridgehead atoms. The van der Waals surface area contributed by atoms with E-state index >= 15 is 0 Å². The molecule has 0 saturated heterocycles. The number of nitrogens with zero attached hydrogens (tertiary/aromatic N) is 1. The van der Waals surface area contributed by atoms with Crippen molar-refractivity contribution < 1.29 is 9.72 Å². The summed E-state index contributed by atoms with van der Waals surface area (Å²) in [7, 11) is 0. The van der Waals surface area contributed by atoms with Crippen LogP contribution >= 0.6 is 0 Å². The Labute approximate surface area is 134 Å². The minimum absolute atomic E-state index is 0.365. The van der Waals surface area contributed by atoms with E-state index in [0.717, 1.165) is 51.4 Å². The molecular weight excluding hydrogens is 278 g/mol. The van der Waals surface area contributed by atoms with Gasteiger partial charge in [-0.3, -0.25) is 14.9 Å². The van der Waals surface area contributed by atoms with Crippen molar-refractivity contribution >= 4 is 6.29 Å². The molecule has 0 spiro atoms. The largest absolute Gasteiger partial charge is 0.296 e. The summed E-state index contributed by atoms with van der Waals surface area (Å²) in [6.45, 7) is 2.13. The van der Waals surface area contributed by atoms with Crippen molar-refractivity contribution in [2.75, 3.05) is 0 Å². The van der Waals surface area contributed by atoms with E-state index in [1.807, 2.05) is 0 Å². The first-order chi connectivity index (χ1) is 10.7. The summed E-state index contributed by atoms with van der Waals surface area (Å²) < 4.78 is 0. The molecule has 4 heteroatoms. The lowest BCUT2D eigenvalue weighted by Crippen LogP contribution is -2.20. The summed E-state index contributed by atoms with van der Waals surface area (Å²) in [6, 6.07) is -1.01. The molecule has 0 aliphatic carbocycles. The van der Waals surface area contributed by atoms with E-state index in [4.69, 9.17) is 0 Å². The van der Waals surface area contributed by atoms with Crippen LogP contribution in [0.3, 0.4) is 0 Å². The van der Waals surface area contributed by atoms with Crippen LogP contribution in [0.2, 0.25) is 0 Å². The minimum Gasteiger partial charge on any atom is -0.296 e. The second kappa shape index (κ2) is 15.7. The normalized spacial score (nSPS) is 13.3. The molecule has 0 aromatic carbocycles. The summed E-state index contributed by atoms with van der Waals surface area (Å²) in [5.74, 6) is 0. The van der Waals surface area contributed by atoms with Crippen molar-refractivity contribution in [2.45, 2.75) is 70.8 Å². The van der Waals surface area contributed by atoms with Crippen LogP contribution in [0.5, 0.6) is 0 Å². The van der Waals surface area contributed by atoms with E-state index in [-0.39, 0.29) is 0 Å². The Morgan fingerprint density at radius 2 is 1.50 bits per heavy atom. The van der Waals surface area contributed by atoms with Crippen molar-refractivity contribution in [1.29, 1.82) is 0 Å². The third-order valence-corrected chi connectivity index (χ3v) is 3.33. The molecular formula is C18H29NO3. The first kappa shape index (κ1) is 20.3. The zero-order valence-corrected chi connectivity index (χ0v) is 13.7. The van der Waals surface area contributed by atoms with Crippen LogP contribution in [-0.2, 0) is 4.79 Å². The number of aldehydes is 1. The van der Waals surface area contributed by atoms with E-state index in [1.54, 1.807) is 0 Å². The topological polar surface area (TPSA) is 60.2 Å². The molecule has 0 fully saturated rings. The molecule has 0 N–H and O–H groups in total. The molecule has 1 unspecified atom stereocenters. The van der Waals surface area contributed by atoms with E-state index in [2.05, 4.69) is 43.4 Å². The fourth-order valence-electron chi connectivity index (χ4n) is 2.02. The smallest absolute Gasteiger partial charge is 0.267 e. The first-order valence-corrected chi connectivity index (χ1v) is 8.26. The molecule has 22 heavy (non-hydrogen) atoms. The Hall–Kier alpha value is -1.71.